The first kappa shape index (κ1) is 15.2. The second kappa shape index (κ2) is 7.57. The van der Waals surface area contributed by atoms with E-state index in [0.29, 0.717) is 18.7 Å². The fourth-order valence-corrected chi connectivity index (χ4v) is 2.19. The molecule has 2 rings (SSSR count). The summed E-state index contributed by atoms with van der Waals surface area (Å²) in [5.74, 6) is 0.801. The Morgan fingerprint density at radius 1 is 1.29 bits per heavy atom. The van der Waals surface area contributed by atoms with Crippen molar-refractivity contribution < 1.29 is 9.21 Å². The van der Waals surface area contributed by atoms with Crippen molar-refractivity contribution in [3.8, 4) is 0 Å². The molecule has 5 heteroatoms. The molecule has 0 N–H and O–H groups in total. The molecular weight excluding hydrogens is 266 g/mol. The molecule has 0 aliphatic heterocycles. The number of nitrogens with zero attached hydrogens (tertiary/aromatic N) is 3. The number of oxazole rings is 1. The predicted octanol–water partition coefficient (Wildman–Crippen LogP) is 2.40. The van der Waals surface area contributed by atoms with Crippen molar-refractivity contribution in [3.63, 3.8) is 0 Å². The normalized spacial score (nSPS) is 10.6. The molecule has 0 unspecified atom stereocenters. The first-order chi connectivity index (χ1) is 10.2. The number of pyridine rings is 1. The van der Waals surface area contributed by atoms with Crippen molar-refractivity contribution in [2.24, 2.45) is 0 Å². The van der Waals surface area contributed by atoms with Gasteiger partial charge in [0.1, 0.15) is 6.26 Å². The van der Waals surface area contributed by atoms with Gasteiger partial charge in [-0.25, -0.2) is 4.98 Å². The lowest BCUT2D eigenvalue weighted by Gasteiger charge is -2.20. The Labute approximate surface area is 125 Å². The highest BCUT2D eigenvalue weighted by Gasteiger charge is 2.12. The predicted molar refractivity (Wildman–Crippen MR) is 79.8 cm³/mol. The average molecular weight is 287 g/mol. The molecule has 0 atom stereocenters. The van der Waals surface area contributed by atoms with Crippen LogP contribution in [0.1, 0.15) is 30.5 Å². The number of rotatable bonds is 7. The molecule has 0 aromatic carbocycles. The number of aromatic nitrogens is 2. The average Bonchev–Trinajstić information content (AvgIpc) is 2.92. The van der Waals surface area contributed by atoms with E-state index in [1.165, 1.54) is 5.56 Å². The number of hydrogen-bond donors (Lipinski definition) is 0. The molecule has 2 aromatic heterocycles. The van der Waals surface area contributed by atoms with Gasteiger partial charge in [-0.05, 0) is 31.0 Å². The largest absolute Gasteiger partial charge is 0.449 e. The van der Waals surface area contributed by atoms with Gasteiger partial charge in [-0.15, -0.1) is 0 Å². The Balaban J connectivity index is 1.81. The highest BCUT2D eigenvalue weighted by atomic mass is 16.3. The smallest absolute Gasteiger partial charge is 0.222 e. The zero-order valence-electron chi connectivity index (χ0n) is 12.6. The van der Waals surface area contributed by atoms with Crippen LogP contribution >= 0.6 is 0 Å². The van der Waals surface area contributed by atoms with Gasteiger partial charge in [-0.3, -0.25) is 9.78 Å². The molecule has 0 saturated heterocycles. The molecule has 21 heavy (non-hydrogen) atoms. The van der Waals surface area contributed by atoms with E-state index in [0.717, 1.165) is 25.2 Å². The molecule has 0 aliphatic rings. The molecule has 0 radical (unpaired) electrons. The van der Waals surface area contributed by atoms with Crippen molar-refractivity contribution in [1.82, 2.24) is 14.9 Å². The van der Waals surface area contributed by atoms with Crippen LogP contribution < -0.4 is 0 Å². The van der Waals surface area contributed by atoms with Gasteiger partial charge in [0, 0.05) is 45.2 Å². The van der Waals surface area contributed by atoms with Crippen LogP contribution in [0.3, 0.4) is 0 Å². The highest BCUT2D eigenvalue weighted by molar-refractivity contribution is 5.76. The molecule has 112 valence electrons. The monoisotopic (exact) mass is 287 g/mol. The molecular formula is C16H21N3O2. The first-order valence-electron chi connectivity index (χ1n) is 7.26. The van der Waals surface area contributed by atoms with Crippen LogP contribution in [0.5, 0.6) is 0 Å². The van der Waals surface area contributed by atoms with Gasteiger partial charge in [-0.1, -0.05) is 0 Å². The molecule has 5 nitrogen and oxygen atoms in total. The zero-order valence-corrected chi connectivity index (χ0v) is 12.6. The number of carbonyl (C=O) groups excluding carboxylic acids is 1. The Morgan fingerprint density at radius 3 is 2.67 bits per heavy atom. The molecule has 0 aliphatic carbocycles. The van der Waals surface area contributed by atoms with E-state index in [-0.39, 0.29) is 5.91 Å². The van der Waals surface area contributed by atoms with E-state index in [4.69, 9.17) is 4.42 Å². The van der Waals surface area contributed by atoms with Gasteiger partial charge in [0.15, 0.2) is 5.89 Å². The minimum Gasteiger partial charge on any atom is -0.449 e. The van der Waals surface area contributed by atoms with Crippen molar-refractivity contribution in [2.75, 3.05) is 13.1 Å². The third-order valence-corrected chi connectivity index (χ3v) is 3.42. The van der Waals surface area contributed by atoms with Crippen LogP contribution in [-0.4, -0.2) is 33.9 Å². The van der Waals surface area contributed by atoms with Crippen LogP contribution in [0.15, 0.2) is 35.2 Å². The van der Waals surface area contributed by atoms with Crippen LogP contribution in [0.2, 0.25) is 0 Å². The molecule has 2 aromatic rings. The van der Waals surface area contributed by atoms with Crippen molar-refractivity contribution in [3.05, 3.63) is 47.9 Å². The van der Waals surface area contributed by atoms with E-state index >= 15 is 0 Å². The summed E-state index contributed by atoms with van der Waals surface area (Å²) in [6.45, 7) is 5.27. The summed E-state index contributed by atoms with van der Waals surface area (Å²) in [5, 5.41) is 0. The van der Waals surface area contributed by atoms with Crippen LogP contribution in [0, 0.1) is 6.92 Å². The fourth-order valence-electron chi connectivity index (χ4n) is 2.19. The second-order valence-electron chi connectivity index (χ2n) is 4.94. The number of likely N-dealkylation sites (N-methyl/N-ethyl adjacent to an activating group) is 1. The quantitative estimate of drug-likeness (QED) is 0.784. The Kier molecular flexibility index (Phi) is 5.49. The SMILES string of the molecule is CCN(CCc1ccncc1)C(=O)CCc1coc(C)n1. The van der Waals surface area contributed by atoms with Crippen molar-refractivity contribution >= 4 is 5.91 Å². The molecule has 2 heterocycles. The van der Waals surface area contributed by atoms with E-state index in [1.807, 2.05) is 24.0 Å². The molecule has 0 fully saturated rings. The number of hydrogen-bond acceptors (Lipinski definition) is 4. The summed E-state index contributed by atoms with van der Waals surface area (Å²) >= 11 is 0. The lowest BCUT2D eigenvalue weighted by molar-refractivity contribution is -0.130. The maximum absolute atomic E-state index is 12.2. The summed E-state index contributed by atoms with van der Waals surface area (Å²) in [6, 6.07) is 3.97. The van der Waals surface area contributed by atoms with Gasteiger partial charge >= 0.3 is 0 Å². The van der Waals surface area contributed by atoms with Gasteiger partial charge in [0.05, 0.1) is 5.69 Å². The van der Waals surface area contributed by atoms with Gasteiger partial charge in [0.2, 0.25) is 5.91 Å². The summed E-state index contributed by atoms with van der Waals surface area (Å²) < 4.78 is 5.15. The van der Waals surface area contributed by atoms with E-state index in [9.17, 15) is 4.79 Å². The molecule has 1 amide bonds. The minimum atomic E-state index is 0.159. The van der Waals surface area contributed by atoms with Crippen LogP contribution in [0.4, 0.5) is 0 Å². The molecule has 0 saturated carbocycles. The van der Waals surface area contributed by atoms with E-state index in [2.05, 4.69) is 9.97 Å². The first-order valence-corrected chi connectivity index (χ1v) is 7.26. The lowest BCUT2D eigenvalue weighted by Crippen LogP contribution is -2.32. The summed E-state index contributed by atoms with van der Waals surface area (Å²) in [5.41, 5.74) is 2.04. The summed E-state index contributed by atoms with van der Waals surface area (Å²) in [7, 11) is 0. The van der Waals surface area contributed by atoms with Crippen molar-refractivity contribution in [2.45, 2.75) is 33.1 Å². The van der Waals surface area contributed by atoms with E-state index in [1.54, 1.807) is 25.6 Å². The Bertz CT molecular complexity index is 566. The van der Waals surface area contributed by atoms with E-state index < -0.39 is 0 Å². The number of aryl methyl sites for hydroxylation is 2. The topological polar surface area (TPSA) is 59.2 Å². The maximum Gasteiger partial charge on any atom is 0.222 e. The summed E-state index contributed by atoms with van der Waals surface area (Å²) in [6.07, 6.45) is 7.12. The fraction of sp³-hybridized carbons (Fsp3) is 0.438. The third-order valence-electron chi connectivity index (χ3n) is 3.42. The third kappa shape index (κ3) is 4.70. The van der Waals surface area contributed by atoms with Gasteiger partial charge in [-0.2, -0.15) is 0 Å². The maximum atomic E-state index is 12.2. The Morgan fingerprint density at radius 2 is 2.05 bits per heavy atom. The van der Waals surface area contributed by atoms with Crippen LogP contribution in [-0.2, 0) is 17.6 Å². The lowest BCUT2D eigenvalue weighted by atomic mass is 10.1. The second-order valence-corrected chi connectivity index (χ2v) is 4.94. The highest BCUT2D eigenvalue weighted by Crippen LogP contribution is 2.07. The van der Waals surface area contributed by atoms with Crippen LogP contribution in [0.25, 0.3) is 0 Å². The van der Waals surface area contributed by atoms with Gasteiger partial charge in [0.25, 0.3) is 0 Å². The minimum absolute atomic E-state index is 0.159. The standard InChI is InChI=1S/C16H21N3O2/c1-3-19(11-8-14-6-9-17-10-7-14)16(20)5-4-15-12-21-13(2)18-15/h6-7,9-10,12H,3-5,8,11H2,1-2H3. The Hall–Kier alpha value is -2.17. The molecule has 0 bridgehead atoms. The number of amides is 1. The van der Waals surface area contributed by atoms with Crippen molar-refractivity contribution in [1.29, 1.82) is 0 Å². The summed E-state index contributed by atoms with van der Waals surface area (Å²) in [4.78, 5) is 22.3. The zero-order chi connectivity index (χ0) is 15.1. The number of carbonyl (C=O) groups is 1. The molecule has 0 spiro atoms. The van der Waals surface area contributed by atoms with Gasteiger partial charge < -0.3 is 9.32 Å².